The molecular formula is C20H25IN6O3S. The van der Waals surface area contributed by atoms with Crippen LogP contribution in [0.1, 0.15) is 11.3 Å². The third-order valence-corrected chi connectivity index (χ3v) is 6.14. The second kappa shape index (κ2) is 10.6. The highest BCUT2D eigenvalue weighted by Crippen LogP contribution is 2.31. The third-order valence-electron chi connectivity index (χ3n) is 5.33. The molecule has 31 heavy (non-hydrogen) atoms. The molecule has 1 fully saturated rings. The van der Waals surface area contributed by atoms with Gasteiger partial charge in [-0.05, 0) is 24.8 Å². The highest BCUT2D eigenvalue weighted by Gasteiger charge is 2.27. The van der Waals surface area contributed by atoms with Crippen molar-refractivity contribution in [1.29, 1.82) is 0 Å². The van der Waals surface area contributed by atoms with E-state index in [-0.39, 0.29) is 29.7 Å². The summed E-state index contributed by atoms with van der Waals surface area (Å²) >= 11 is 1.63. The van der Waals surface area contributed by atoms with Crippen LogP contribution in [0.3, 0.4) is 0 Å². The summed E-state index contributed by atoms with van der Waals surface area (Å²) in [5.41, 5.74) is 2.99. The molecule has 9 nitrogen and oxygen atoms in total. The van der Waals surface area contributed by atoms with Crippen LogP contribution in [0.4, 0.5) is 11.5 Å². The lowest BCUT2D eigenvalue weighted by Crippen LogP contribution is -2.40. The summed E-state index contributed by atoms with van der Waals surface area (Å²) in [5, 5.41) is 12.0. The van der Waals surface area contributed by atoms with E-state index in [1.807, 2.05) is 13.3 Å². The molecule has 1 aromatic heterocycles. The molecule has 0 atom stereocenters. The van der Waals surface area contributed by atoms with Crippen LogP contribution < -0.4 is 4.90 Å². The van der Waals surface area contributed by atoms with E-state index < -0.39 is 4.92 Å². The van der Waals surface area contributed by atoms with Crippen molar-refractivity contribution in [3.05, 3.63) is 45.6 Å². The minimum atomic E-state index is -0.400. The Hall–Kier alpha value is -1.99. The van der Waals surface area contributed by atoms with E-state index in [4.69, 9.17) is 14.7 Å². The molecule has 166 valence electrons. The first kappa shape index (κ1) is 23.7. The van der Waals surface area contributed by atoms with Gasteiger partial charge in [-0.15, -0.1) is 24.0 Å². The van der Waals surface area contributed by atoms with E-state index in [2.05, 4.69) is 14.8 Å². The SMILES string of the molecule is C/N=C(/SC)N1CCc2c(nc(-c3ccc([N+](=O)[O-])cc3)nc2N2CCOCC2)C1.I. The molecule has 4 rings (SSSR count). The van der Waals surface area contributed by atoms with Crippen LogP contribution in [0, 0.1) is 10.1 Å². The number of rotatable bonds is 3. The molecule has 0 radical (unpaired) electrons. The van der Waals surface area contributed by atoms with Gasteiger partial charge in [0, 0.05) is 49.9 Å². The van der Waals surface area contributed by atoms with Gasteiger partial charge in [-0.25, -0.2) is 9.97 Å². The van der Waals surface area contributed by atoms with Gasteiger partial charge in [-0.3, -0.25) is 15.1 Å². The first-order valence-electron chi connectivity index (χ1n) is 9.83. The van der Waals surface area contributed by atoms with Crippen molar-refractivity contribution >= 4 is 52.4 Å². The van der Waals surface area contributed by atoms with Gasteiger partial charge < -0.3 is 14.5 Å². The minimum Gasteiger partial charge on any atom is -0.378 e. The standard InChI is InChI=1S/C20H24N6O3S.HI/c1-21-20(30-2)25-8-7-16-17(13-25)22-18(14-3-5-15(6-4-14)26(27)28)23-19(16)24-9-11-29-12-10-24;/h3-6H,7-13H2,1-2H3;1H/b21-20+;. The molecule has 0 amide bonds. The molecule has 2 aromatic rings. The number of nitrogens with zero attached hydrogens (tertiary/aromatic N) is 6. The number of non-ortho nitro benzene ring substituents is 1. The number of hydrogen-bond donors (Lipinski definition) is 0. The summed E-state index contributed by atoms with van der Waals surface area (Å²) in [6.45, 7) is 4.48. The van der Waals surface area contributed by atoms with Crippen LogP contribution in [-0.2, 0) is 17.7 Å². The van der Waals surface area contributed by atoms with E-state index in [9.17, 15) is 10.1 Å². The minimum absolute atomic E-state index is 0. The van der Waals surface area contributed by atoms with Gasteiger partial charge in [0.1, 0.15) is 5.82 Å². The lowest BCUT2D eigenvalue weighted by Gasteiger charge is -2.35. The van der Waals surface area contributed by atoms with Crippen LogP contribution in [0.25, 0.3) is 11.4 Å². The Kier molecular flexibility index (Phi) is 8.06. The summed E-state index contributed by atoms with van der Waals surface area (Å²) in [6.07, 6.45) is 2.88. The molecule has 1 saturated heterocycles. The fourth-order valence-corrected chi connectivity index (χ4v) is 4.43. The second-order valence-corrected chi connectivity index (χ2v) is 7.85. The lowest BCUT2D eigenvalue weighted by atomic mass is 10.0. The van der Waals surface area contributed by atoms with Crippen LogP contribution in [-0.4, -0.2) is 71.1 Å². The van der Waals surface area contributed by atoms with Crippen molar-refractivity contribution in [3.8, 4) is 11.4 Å². The van der Waals surface area contributed by atoms with Crippen molar-refractivity contribution in [1.82, 2.24) is 14.9 Å². The lowest BCUT2D eigenvalue weighted by molar-refractivity contribution is -0.384. The average Bonchev–Trinajstić information content (AvgIpc) is 2.79. The molecule has 2 aliphatic rings. The maximum absolute atomic E-state index is 11.0. The number of thioether (sulfide) groups is 1. The van der Waals surface area contributed by atoms with Gasteiger partial charge in [0.15, 0.2) is 11.0 Å². The van der Waals surface area contributed by atoms with Gasteiger partial charge in [-0.1, -0.05) is 11.8 Å². The fourth-order valence-electron chi connectivity index (χ4n) is 3.83. The zero-order chi connectivity index (χ0) is 21.1. The number of aromatic nitrogens is 2. The van der Waals surface area contributed by atoms with E-state index in [1.165, 1.54) is 17.7 Å². The van der Waals surface area contributed by atoms with E-state index in [1.54, 1.807) is 23.9 Å². The summed E-state index contributed by atoms with van der Waals surface area (Å²) in [6, 6.07) is 6.41. The van der Waals surface area contributed by atoms with Gasteiger partial charge in [0.2, 0.25) is 0 Å². The number of anilines is 1. The van der Waals surface area contributed by atoms with Crippen molar-refractivity contribution in [2.75, 3.05) is 51.1 Å². The summed E-state index contributed by atoms with van der Waals surface area (Å²) in [7, 11) is 1.81. The van der Waals surface area contributed by atoms with Crippen LogP contribution in [0.15, 0.2) is 29.3 Å². The van der Waals surface area contributed by atoms with Crippen LogP contribution >= 0.6 is 35.7 Å². The Morgan fingerprint density at radius 1 is 1.19 bits per heavy atom. The Labute approximate surface area is 202 Å². The van der Waals surface area contributed by atoms with Crippen molar-refractivity contribution in [2.45, 2.75) is 13.0 Å². The summed E-state index contributed by atoms with van der Waals surface area (Å²) in [5.74, 6) is 1.54. The molecular weight excluding hydrogens is 531 g/mol. The average molecular weight is 556 g/mol. The molecule has 3 heterocycles. The number of halogens is 1. The predicted molar refractivity (Wildman–Crippen MR) is 134 cm³/mol. The van der Waals surface area contributed by atoms with Gasteiger partial charge in [0.05, 0.1) is 30.4 Å². The number of fused-ring (bicyclic) bond motifs is 1. The van der Waals surface area contributed by atoms with Gasteiger partial charge in [0.25, 0.3) is 5.69 Å². The molecule has 0 bridgehead atoms. The Balaban J connectivity index is 0.00000272. The number of nitro groups is 1. The third kappa shape index (κ3) is 5.09. The zero-order valence-corrected chi connectivity index (χ0v) is 20.6. The van der Waals surface area contributed by atoms with Crippen molar-refractivity contribution < 1.29 is 9.66 Å². The molecule has 0 spiro atoms. The van der Waals surface area contributed by atoms with Crippen LogP contribution in [0.2, 0.25) is 0 Å². The molecule has 1 aromatic carbocycles. The maximum atomic E-state index is 11.0. The quantitative estimate of drug-likeness (QED) is 0.187. The molecule has 11 heteroatoms. The number of aliphatic imine (C=N–C) groups is 1. The van der Waals surface area contributed by atoms with E-state index >= 15 is 0 Å². The fraction of sp³-hybridized carbons (Fsp3) is 0.450. The largest absolute Gasteiger partial charge is 0.378 e. The Bertz CT molecular complexity index is 966. The van der Waals surface area contributed by atoms with Crippen molar-refractivity contribution in [2.24, 2.45) is 4.99 Å². The van der Waals surface area contributed by atoms with E-state index in [0.717, 1.165) is 48.3 Å². The number of hydrogen-bond acceptors (Lipinski definition) is 8. The Morgan fingerprint density at radius 3 is 2.52 bits per heavy atom. The second-order valence-electron chi connectivity index (χ2n) is 7.08. The topological polar surface area (TPSA) is 97.0 Å². The molecule has 2 aliphatic heterocycles. The van der Waals surface area contributed by atoms with Gasteiger partial charge >= 0.3 is 0 Å². The first-order valence-corrected chi connectivity index (χ1v) is 11.1. The normalized spacial score (nSPS) is 16.5. The Morgan fingerprint density at radius 2 is 1.90 bits per heavy atom. The summed E-state index contributed by atoms with van der Waals surface area (Å²) in [4.78, 5) is 29.3. The van der Waals surface area contributed by atoms with Crippen LogP contribution in [0.5, 0.6) is 0 Å². The predicted octanol–water partition coefficient (Wildman–Crippen LogP) is 3.21. The summed E-state index contributed by atoms with van der Waals surface area (Å²) < 4.78 is 5.52. The highest BCUT2D eigenvalue weighted by molar-refractivity contribution is 14.0. The molecule has 0 saturated carbocycles. The monoisotopic (exact) mass is 556 g/mol. The zero-order valence-electron chi connectivity index (χ0n) is 17.5. The first-order chi connectivity index (χ1) is 14.6. The maximum Gasteiger partial charge on any atom is 0.269 e. The van der Waals surface area contributed by atoms with Crippen molar-refractivity contribution in [3.63, 3.8) is 0 Å². The molecule has 0 unspecified atom stereocenters. The van der Waals surface area contributed by atoms with E-state index in [0.29, 0.717) is 25.6 Å². The molecule has 0 aliphatic carbocycles. The highest BCUT2D eigenvalue weighted by atomic mass is 127. The number of benzene rings is 1. The number of nitro benzene ring substituents is 1. The smallest absolute Gasteiger partial charge is 0.269 e. The van der Waals surface area contributed by atoms with Gasteiger partial charge in [-0.2, -0.15) is 0 Å². The number of ether oxygens (including phenoxy) is 1. The number of amidine groups is 1. The molecule has 0 N–H and O–H groups in total. The number of morpholine rings is 1.